The molecule has 1 aromatic rings. The summed E-state index contributed by atoms with van der Waals surface area (Å²) in [5.41, 5.74) is 6.33. The maximum absolute atomic E-state index is 14.2. The van der Waals surface area contributed by atoms with Crippen LogP contribution in [0.2, 0.25) is 0 Å². The zero-order valence-electron chi connectivity index (χ0n) is 10.0. The monoisotopic (exact) mass is 315 g/mol. The third-order valence-electron chi connectivity index (χ3n) is 3.09. The fraction of sp³-hybridized carbons (Fsp3) is 0.417. The predicted octanol–water partition coefficient (Wildman–Crippen LogP) is 2.53. The van der Waals surface area contributed by atoms with E-state index in [9.17, 15) is 4.39 Å². The van der Waals surface area contributed by atoms with E-state index in [2.05, 4.69) is 21.1 Å². The van der Waals surface area contributed by atoms with Gasteiger partial charge < -0.3 is 15.8 Å². The smallest absolute Gasteiger partial charge is 0.171 e. The molecule has 0 radical (unpaired) electrons. The van der Waals surface area contributed by atoms with Crippen LogP contribution in [0.1, 0.15) is 18.4 Å². The quantitative estimate of drug-likeness (QED) is 0.388. The van der Waals surface area contributed by atoms with Crippen LogP contribution in [0.3, 0.4) is 0 Å². The molecule has 0 aliphatic heterocycles. The maximum Gasteiger partial charge on any atom is 0.171 e. The fourth-order valence-corrected chi connectivity index (χ4v) is 2.41. The number of nitrogens with zero attached hydrogens (tertiary/aromatic N) is 2. The van der Waals surface area contributed by atoms with Crippen molar-refractivity contribution in [2.45, 2.75) is 12.8 Å². The van der Waals surface area contributed by atoms with Gasteiger partial charge in [-0.15, -0.1) is 0 Å². The van der Waals surface area contributed by atoms with Crippen LogP contribution in [0.15, 0.2) is 21.8 Å². The topological polar surface area (TPSA) is 61.8 Å². The molecule has 18 heavy (non-hydrogen) atoms. The van der Waals surface area contributed by atoms with E-state index in [0.717, 1.165) is 6.54 Å². The minimum atomic E-state index is -0.387. The van der Waals surface area contributed by atoms with Gasteiger partial charge in [-0.1, -0.05) is 5.16 Å². The lowest BCUT2D eigenvalue weighted by Gasteiger charge is -2.21. The molecule has 98 valence electrons. The summed E-state index contributed by atoms with van der Waals surface area (Å²) in [4.78, 5) is 1.90. The number of anilines is 1. The lowest BCUT2D eigenvalue weighted by atomic mass is 10.1. The van der Waals surface area contributed by atoms with Gasteiger partial charge in [0.1, 0.15) is 0 Å². The Morgan fingerprint density at radius 3 is 2.83 bits per heavy atom. The van der Waals surface area contributed by atoms with Crippen molar-refractivity contribution in [3.63, 3.8) is 0 Å². The summed E-state index contributed by atoms with van der Waals surface area (Å²) in [6.45, 7) is 0.853. The molecule has 0 unspecified atom stereocenters. The number of hydrogen-bond donors (Lipinski definition) is 2. The fourth-order valence-electron chi connectivity index (χ4n) is 1.87. The number of hydrogen-bond acceptors (Lipinski definition) is 3. The minimum absolute atomic E-state index is 0.114. The molecule has 0 atom stereocenters. The average Bonchev–Trinajstić information content (AvgIpc) is 3.15. The van der Waals surface area contributed by atoms with Gasteiger partial charge in [0.05, 0.1) is 10.2 Å². The van der Waals surface area contributed by atoms with Gasteiger partial charge in [0.15, 0.2) is 11.7 Å². The first-order valence-electron chi connectivity index (χ1n) is 5.71. The largest absolute Gasteiger partial charge is 0.409 e. The van der Waals surface area contributed by atoms with E-state index in [4.69, 9.17) is 10.9 Å². The van der Waals surface area contributed by atoms with E-state index < -0.39 is 0 Å². The van der Waals surface area contributed by atoms with Crippen LogP contribution in [0.5, 0.6) is 0 Å². The second-order valence-corrected chi connectivity index (χ2v) is 5.36. The molecule has 6 heteroatoms. The first kappa shape index (κ1) is 13.1. The number of nitrogens with two attached hydrogens (primary N) is 1. The van der Waals surface area contributed by atoms with Crippen molar-refractivity contribution in [1.29, 1.82) is 0 Å². The molecular formula is C12H15BrFN3O. The van der Waals surface area contributed by atoms with Crippen LogP contribution in [0, 0.1) is 11.7 Å². The molecule has 1 aromatic carbocycles. The van der Waals surface area contributed by atoms with Crippen molar-refractivity contribution >= 4 is 27.5 Å². The van der Waals surface area contributed by atoms with Gasteiger partial charge in [0, 0.05) is 19.2 Å². The zero-order chi connectivity index (χ0) is 13.3. The Labute approximate surface area is 113 Å². The number of halogens is 2. The van der Waals surface area contributed by atoms with Crippen molar-refractivity contribution in [2.24, 2.45) is 16.8 Å². The van der Waals surface area contributed by atoms with Crippen LogP contribution >= 0.6 is 15.9 Å². The predicted molar refractivity (Wildman–Crippen MR) is 72.6 cm³/mol. The first-order chi connectivity index (χ1) is 8.54. The van der Waals surface area contributed by atoms with Gasteiger partial charge in [0.2, 0.25) is 0 Å². The summed E-state index contributed by atoms with van der Waals surface area (Å²) in [6, 6.07) is 3.29. The Kier molecular flexibility index (Phi) is 3.75. The van der Waals surface area contributed by atoms with Gasteiger partial charge >= 0.3 is 0 Å². The summed E-state index contributed by atoms with van der Waals surface area (Å²) in [5.74, 6) is 0.177. The van der Waals surface area contributed by atoms with Gasteiger partial charge in [-0.25, -0.2) is 4.39 Å². The molecule has 1 aliphatic carbocycles. The van der Waals surface area contributed by atoms with E-state index in [-0.39, 0.29) is 16.1 Å². The Morgan fingerprint density at radius 1 is 1.61 bits per heavy atom. The molecule has 2 rings (SSSR count). The SMILES string of the molecule is CN(CC1CC1)c1ccc(/C(N)=N/O)c(Br)c1F. The zero-order valence-corrected chi connectivity index (χ0v) is 11.6. The van der Waals surface area contributed by atoms with Crippen LogP contribution in [-0.4, -0.2) is 24.6 Å². The molecule has 3 N–H and O–H groups in total. The molecule has 0 bridgehead atoms. The molecule has 0 heterocycles. The highest BCUT2D eigenvalue weighted by Gasteiger charge is 2.25. The lowest BCUT2D eigenvalue weighted by Crippen LogP contribution is -2.22. The molecule has 0 spiro atoms. The Morgan fingerprint density at radius 2 is 2.28 bits per heavy atom. The summed E-state index contributed by atoms with van der Waals surface area (Å²) in [6.07, 6.45) is 2.44. The highest BCUT2D eigenvalue weighted by Crippen LogP contribution is 2.33. The molecule has 0 amide bonds. The van der Waals surface area contributed by atoms with Crippen LogP contribution in [0.25, 0.3) is 0 Å². The van der Waals surface area contributed by atoms with Gasteiger partial charge in [0.25, 0.3) is 0 Å². The summed E-state index contributed by atoms with van der Waals surface area (Å²) >= 11 is 3.15. The lowest BCUT2D eigenvalue weighted by molar-refractivity contribution is 0.318. The highest BCUT2D eigenvalue weighted by molar-refractivity contribution is 9.10. The second-order valence-electron chi connectivity index (χ2n) is 4.57. The number of oxime groups is 1. The molecule has 1 fully saturated rings. The van der Waals surface area contributed by atoms with E-state index in [1.807, 2.05) is 11.9 Å². The Bertz CT molecular complexity index is 488. The van der Waals surface area contributed by atoms with Crippen molar-refractivity contribution in [3.8, 4) is 0 Å². The first-order valence-corrected chi connectivity index (χ1v) is 6.51. The highest BCUT2D eigenvalue weighted by atomic mass is 79.9. The molecule has 0 saturated heterocycles. The standard InChI is InChI=1S/C12H15BrFN3O/c1-17(6-7-2-3-7)9-5-4-8(12(15)16-18)10(13)11(9)14/h4-5,7,18H,2-3,6H2,1H3,(H2,15,16). The van der Waals surface area contributed by atoms with Gasteiger partial charge in [-0.05, 0) is 46.8 Å². The minimum Gasteiger partial charge on any atom is -0.409 e. The Hall–Kier alpha value is -1.30. The summed E-state index contributed by atoms with van der Waals surface area (Å²) in [5, 5.41) is 11.5. The third kappa shape index (κ3) is 2.58. The second kappa shape index (κ2) is 5.14. The van der Waals surface area contributed by atoms with Gasteiger partial charge in [-0.3, -0.25) is 0 Å². The molecule has 0 aromatic heterocycles. The van der Waals surface area contributed by atoms with Crippen molar-refractivity contribution in [3.05, 3.63) is 28.0 Å². The maximum atomic E-state index is 14.2. The Balaban J connectivity index is 2.30. The van der Waals surface area contributed by atoms with Crippen LogP contribution in [0.4, 0.5) is 10.1 Å². The van der Waals surface area contributed by atoms with E-state index in [1.165, 1.54) is 12.8 Å². The molecule has 1 aliphatic rings. The number of benzene rings is 1. The molecule has 4 nitrogen and oxygen atoms in total. The third-order valence-corrected chi connectivity index (χ3v) is 3.86. The summed E-state index contributed by atoms with van der Waals surface area (Å²) in [7, 11) is 1.87. The number of rotatable bonds is 4. The van der Waals surface area contributed by atoms with Crippen LogP contribution in [-0.2, 0) is 0 Å². The van der Waals surface area contributed by atoms with Crippen molar-refractivity contribution in [1.82, 2.24) is 0 Å². The van der Waals surface area contributed by atoms with Crippen molar-refractivity contribution < 1.29 is 9.60 Å². The van der Waals surface area contributed by atoms with E-state index >= 15 is 0 Å². The molecule has 1 saturated carbocycles. The summed E-state index contributed by atoms with van der Waals surface area (Å²) < 4.78 is 14.4. The van der Waals surface area contributed by atoms with Gasteiger partial charge in [-0.2, -0.15) is 0 Å². The van der Waals surface area contributed by atoms with E-state index in [1.54, 1.807) is 12.1 Å². The van der Waals surface area contributed by atoms with E-state index in [0.29, 0.717) is 17.2 Å². The van der Waals surface area contributed by atoms with Crippen molar-refractivity contribution in [2.75, 3.05) is 18.5 Å². The number of amidine groups is 1. The molecular weight excluding hydrogens is 301 g/mol. The average molecular weight is 316 g/mol. The van der Waals surface area contributed by atoms with Crippen LogP contribution < -0.4 is 10.6 Å². The normalized spacial score (nSPS) is 15.8.